The Balaban J connectivity index is 1.57. The average molecular weight is 454 g/mol. The lowest BCUT2D eigenvalue weighted by Crippen LogP contribution is -2.30. The molecule has 166 valence electrons. The summed E-state index contributed by atoms with van der Waals surface area (Å²) in [5, 5.41) is 2.29. The van der Waals surface area contributed by atoms with Crippen molar-refractivity contribution in [1.82, 2.24) is 4.90 Å². The van der Waals surface area contributed by atoms with Gasteiger partial charge in [0.25, 0.3) is 0 Å². The van der Waals surface area contributed by atoms with E-state index in [2.05, 4.69) is 10.1 Å². The molecular formula is C21H21F3N2O4S. The number of hydrogen-bond acceptors (Lipinski definition) is 5. The Morgan fingerprint density at radius 2 is 1.94 bits per heavy atom. The summed E-state index contributed by atoms with van der Waals surface area (Å²) < 4.78 is 47.2. The number of carbonyl (C=O) groups excluding carboxylic acids is 2. The van der Waals surface area contributed by atoms with Crippen LogP contribution in [0.25, 0.3) is 0 Å². The minimum Gasteiger partial charge on any atom is -0.493 e. The van der Waals surface area contributed by atoms with Crippen LogP contribution in [0.5, 0.6) is 11.5 Å². The van der Waals surface area contributed by atoms with E-state index in [1.54, 1.807) is 35.2 Å². The zero-order chi connectivity index (χ0) is 22.4. The van der Waals surface area contributed by atoms with Crippen molar-refractivity contribution in [1.29, 1.82) is 0 Å². The highest BCUT2D eigenvalue weighted by Gasteiger charge is 2.34. The summed E-state index contributed by atoms with van der Waals surface area (Å²) in [7, 11) is 0. The molecular weight excluding hydrogens is 433 g/mol. The van der Waals surface area contributed by atoms with Crippen molar-refractivity contribution in [3.63, 3.8) is 0 Å². The summed E-state index contributed by atoms with van der Waals surface area (Å²) in [4.78, 5) is 25.1. The van der Waals surface area contributed by atoms with Crippen LogP contribution in [0, 0.1) is 0 Å². The maximum atomic E-state index is 12.5. The van der Waals surface area contributed by atoms with E-state index in [1.165, 1.54) is 36.9 Å². The Hall–Kier alpha value is -2.88. The number of amides is 2. The smallest absolute Gasteiger partial charge is 0.493 e. The van der Waals surface area contributed by atoms with Crippen molar-refractivity contribution >= 4 is 29.3 Å². The van der Waals surface area contributed by atoms with E-state index in [0.717, 1.165) is 0 Å². The highest BCUT2D eigenvalue weighted by Crippen LogP contribution is 2.40. The first-order valence-electron chi connectivity index (χ1n) is 9.48. The Kier molecular flexibility index (Phi) is 7.32. The maximum absolute atomic E-state index is 12.5. The van der Waals surface area contributed by atoms with E-state index >= 15 is 0 Å². The summed E-state index contributed by atoms with van der Waals surface area (Å²) in [5.74, 6) is 0.270. The molecule has 0 radical (unpaired) electrons. The Morgan fingerprint density at radius 3 is 2.68 bits per heavy atom. The second-order valence-corrected chi connectivity index (χ2v) is 7.85. The first-order chi connectivity index (χ1) is 14.7. The molecule has 6 nitrogen and oxygen atoms in total. The van der Waals surface area contributed by atoms with E-state index in [0.29, 0.717) is 36.6 Å². The maximum Gasteiger partial charge on any atom is 0.573 e. The number of hydrogen-bond donors (Lipinski definition) is 1. The molecule has 31 heavy (non-hydrogen) atoms. The van der Waals surface area contributed by atoms with Crippen molar-refractivity contribution in [2.24, 2.45) is 0 Å². The Labute approximate surface area is 181 Å². The molecule has 3 rings (SSSR count). The van der Waals surface area contributed by atoms with Gasteiger partial charge >= 0.3 is 6.36 Å². The van der Waals surface area contributed by atoms with Crippen LogP contribution < -0.4 is 14.8 Å². The summed E-state index contributed by atoms with van der Waals surface area (Å²) >= 11 is 1.36. The van der Waals surface area contributed by atoms with Crippen molar-refractivity contribution in [2.45, 2.75) is 25.1 Å². The van der Waals surface area contributed by atoms with Crippen LogP contribution in [0.2, 0.25) is 0 Å². The molecule has 1 aliphatic rings. The fourth-order valence-electron chi connectivity index (χ4n) is 3.13. The molecule has 10 heteroatoms. The van der Waals surface area contributed by atoms with Crippen LogP contribution in [0.3, 0.4) is 0 Å². The molecule has 1 atom stereocenters. The number of anilines is 1. The Bertz CT molecular complexity index is 939. The SMILES string of the molecule is CC(=O)Nc1cccc(OCCCN2C(=O)CSC2c2cccc(OC(F)(F)F)c2)c1. The fourth-order valence-corrected chi connectivity index (χ4v) is 4.34. The number of rotatable bonds is 8. The number of thioether (sulfide) groups is 1. The lowest BCUT2D eigenvalue weighted by molar-refractivity contribution is -0.274. The molecule has 1 unspecified atom stereocenters. The largest absolute Gasteiger partial charge is 0.573 e. The minimum atomic E-state index is -4.77. The van der Waals surface area contributed by atoms with Gasteiger partial charge in [-0.05, 0) is 36.2 Å². The number of alkyl halides is 3. The molecule has 1 fully saturated rings. The van der Waals surface area contributed by atoms with Gasteiger partial charge in [-0.3, -0.25) is 9.59 Å². The van der Waals surface area contributed by atoms with Crippen molar-refractivity contribution in [3.05, 3.63) is 54.1 Å². The molecule has 2 aromatic carbocycles. The zero-order valence-electron chi connectivity index (χ0n) is 16.6. The van der Waals surface area contributed by atoms with Crippen LogP contribution in [0.1, 0.15) is 24.3 Å². The second-order valence-electron chi connectivity index (χ2n) is 6.78. The average Bonchev–Trinajstić information content (AvgIpc) is 3.04. The van der Waals surface area contributed by atoms with E-state index in [1.807, 2.05) is 0 Å². The monoisotopic (exact) mass is 454 g/mol. The third-order valence-electron chi connectivity index (χ3n) is 4.31. The number of nitrogens with zero attached hydrogens (tertiary/aromatic N) is 1. The van der Waals surface area contributed by atoms with Crippen LogP contribution in [-0.2, 0) is 9.59 Å². The number of nitrogens with one attached hydrogen (secondary N) is 1. The third kappa shape index (κ3) is 6.81. The fraction of sp³-hybridized carbons (Fsp3) is 0.333. The second kappa shape index (κ2) is 9.95. The molecule has 0 saturated carbocycles. The molecule has 0 aliphatic carbocycles. The normalized spacial score (nSPS) is 16.3. The van der Waals surface area contributed by atoms with Gasteiger partial charge in [0.05, 0.1) is 12.4 Å². The highest BCUT2D eigenvalue weighted by atomic mass is 32.2. The van der Waals surface area contributed by atoms with Crippen LogP contribution in [-0.4, -0.2) is 42.0 Å². The van der Waals surface area contributed by atoms with Gasteiger partial charge < -0.3 is 19.7 Å². The van der Waals surface area contributed by atoms with Crippen molar-refractivity contribution in [2.75, 3.05) is 24.2 Å². The number of ether oxygens (including phenoxy) is 2. The molecule has 2 amide bonds. The van der Waals surface area contributed by atoms with Gasteiger partial charge in [-0.15, -0.1) is 24.9 Å². The molecule has 2 aromatic rings. The summed E-state index contributed by atoms with van der Waals surface area (Å²) in [6.45, 7) is 2.15. The molecule has 0 bridgehead atoms. The van der Waals surface area contributed by atoms with E-state index in [-0.39, 0.29) is 28.7 Å². The van der Waals surface area contributed by atoms with E-state index in [4.69, 9.17) is 4.74 Å². The standard InChI is InChI=1S/C21H21F3N2O4S/c1-14(27)25-16-6-3-7-17(12-16)29-10-4-9-26-19(28)13-31-20(26)15-5-2-8-18(11-15)30-21(22,23)24/h2-3,5-8,11-12,20H,4,9-10,13H2,1H3,(H,25,27). The van der Waals surface area contributed by atoms with E-state index < -0.39 is 6.36 Å². The van der Waals surface area contributed by atoms with Gasteiger partial charge in [-0.1, -0.05) is 18.2 Å². The minimum absolute atomic E-state index is 0.0789. The molecule has 1 N–H and O–H groups in total. The molecule has 1 aliphatic heterocycles. The Morgan fingerprint density at radius 1 is 1.19 bits per heavy atom. The summed E-state index contributed by atoms with van der Waals surface area (Å²) in [6, 6.07) is 12.7. The van der Waals surface area contributed by atoms with Crippen molar-refractivity contribution < 1.29 is 32.2 Å². The summed E-state index contributed by atoms with van der Waals surface area (Å²) in [6.07, 6.45) is -4.24. The lowest BCUT2D eigenvalue weighted by Gasteiger charge is -2.24. The molecule has 0 spiro atoms. The third-order valence-corrected chi connectivity index (χ3v) is 5.57. The lowest BCUT2D eigenvalue weighted by atomic mass is 10.2. The van der Waals surface area contributed by atoms with Gasteiger partial charge in [0.1, 0.15) is 16.9 Å². The number of benzene rings is 2. The van der Waals surface area contributed by atoms with Crippen LogP contribution in [0.4, 0.5) is 18.9 Å². The number of halogens is 3. The quantitative estimate of drug-likeness (QED) is 0.591. The predicted octanol–water partition coefficient (Wildman–Crippen LogP) is 4.59. The first kappa shape index (κ1) is 22.8. The topological polar surface area (TPSA) is 67.9 Å². The van der Waals surface area contributed by atoms with Gasteiger partial charge in [0.2, 0.25) is 11.8 Å². The van der Waals surface area contributed by atoms with Gasteiger partial charge in [0, 0.05) is 25.2 Å². The predicted molar refractivity (Wildman–Crippen MR) is 111 cm³/mol. The highest BCUT2D eigenvalue weighted by molar-refractivity contribution is 8.00. The van der Waals surface area contributed by atoms with Crippen molar-refractivity contribution in [3.8, 4) is 11.5 Å². The van der Waals surface area contributed by atoms with E-state index in [9.17, 15) is 22.8 Å². The molecule has 1 saturated heterocycles. The molecule has 1 heterocycles. The van der Waals surface area contributed by atoms with Gasteiger partial charge in [-0.2, -0.15) is 0 Å². The van der Waals surface area contributed by atoms with Crippen LogP contribution in [0.15, 0.2) is 48.5 Å². The van der Waals surface area contributed by atoms with Crippen LogP contribution >= 0.6 is 11.8 Å². The van der Waals surface area contributed by atoms with Gasteiger partial charge in [-0.25, -0.2) is 0 Å². The number of carbonyl (C=O) groups is 2. The zero-order valence-corrected chi connectivity index (χ0v) is 17.5. The summed E-state index contributed by atoms with van der Waals surface area (Å²) in [5.41, 5.74) is 1.19. The first-order valence-corrected chi connectivity index (χ1v) is 10.5. The van der Waals surface area contributed by atoms with Gasteiger partial charge in [0.15, 0.2) is 0 Å². The molecule has 0 aromatic heterocycles.